The lowest BCUT2D eigenvalue weighted by atomic mass is 10.4. The summed E-state index contributed by atoms with van der Waals surface area (Å²) in [5.74, 6) is 1.77. The lowest BCUT2D eigenvalue weighted by Gasteiger charge is -2.32. The van der Waals surface area contributed by atoms with Gasteiger partial charge < -0.3 is 4.57 Å². The summed E-state index contributed by atoms with van der Waals surface area (Å²) >= 11 is 5.66. The van der Waals surface area contributed by atoms with Crippen molar-refractivity contribution < 1.29 is 8.42 Å². The molecule has 128 valence electrons. The summed E-state index contributed by atoms with van der Waals surface area (Å²) < 4.78 is 29.8. The van der Waals surface area contributed by atoms with Crippen molar-refractivity contribution in [3.63, 3.8) is 0 Å². The van der Waals surface area contributed by atoms with Crippen molar-refractivity contribution in [3.05, 3.63) is 10.6 Å². The standard InChI is InChI=1S/C14H23N5O2S2/c1-23(20,21)17-8-6-16(7-9-17)10-18-14(22)19(12-4-5-12)13(15-18)11-2-3-11/h11-12H,2-10H2,1H3. The van der Waals surface area contributed by atoms with Gasteiger partial charge in [0.05, 0.1) is 12.9 Å². The zero-order valence-corrected chi connectivity index (χ0v) is 15.0. The van der Waals surface area contributed by atoms with Gasteiger partial charge in [-0.1, -0.05) is 0 Å². The van der Waals surface area contributed by atoms with Crippen LogP contribution in [0.4, 0.5) is 0 Å². The van der Waals surface area contributed by atoms with Gasteiger partial charge in [-0.25, -0.2) is 13.1 Å². The van der Waals surface area contributed by atoms with E-state index in [1.54, 1.807) is 4.31 Å². The Morgan fingerprint density at radius 1 is 1.13 bits per heavy atom. The molecule has 23 heavy (non-hydrogen) atoms. The molecule has 0 amide bonds. The summed E-state index contributed by atoms with van der Waals surface area (Å²) in [7, 11) is -3.08. The number of aromatic nitrogens is 3. The van der Waals surface area contributed by atoms with E-state index in [0.29, 0.717) is 31.7 Å². The van der Waals surface area contributed by atoms with E-state index in [4.69, 9.17) is 17.3 Å². The molecule has 2 heterocycles. The molecule has 2 aliphatic carbocycles. The Bertz CT molecular complexity index is 753. The van der Waals surface area contributed by atoms with Crippen LogP contribution in [0.15, 0.2) is 0 Å². The van der Waals surface area contributed by atoms with Gasteiger partial charge >= 0.3 is 0 Å². The van der Waals surface area contributed by atoms with E-state index in [0.717, 1.165) is 17.9 Å². The first-order valence-corrected chi connectivity index (χ1v) is 10.6. The number of rotatable bonds is 5. The van der Waals surface area contributed by atoms with Gasteiger partial charge in [0.25, 0.3) is 0 Å². The molecule has 9 heteroatoms. The molecule has 1 aromatic heterocycles. The van der Waals surface area contributed by atoms with E-state index in [1.807, 2.05) is 4.68 Å². The molecular weight excluding hydrogens is 334 g/mol. The average molecular weight is 358 g/mol. The van der Waals surface area contributed by atoms with Gasteiger partial charge in [-0.3, -0.25) is 4.90 Å². The molecule has 0 N–H and O–H groups in total. The second-order valence-corrected chi connectivity index (χ2v) is 9.28. The average Bonchev–Trinajstić information content (AvgIpc) is 3.39. The van der Waals surface area contributed by atoms with Crippen molar-refractivity contribution in [1.82, 2.24) is 23.6 Å². The molecule has 3 fully saturated rings. The maximum Gasteiger partial charge on any atom is 0.211 e. The Labute approximate surface area is 141 Å². The van der Waals surface area contributed by atoms with Gasteiger partial charge in [-0.05, 0) is 37.9 Å². The molecule has 4 rings (SSSR count). The van der Waals surface area contributed by atoms with Crippen LogP contribution in [0.25, 0.3) is 0 Å². The van der Waals surface area contributed by atoms with E-state index >= 15 is 0 Å². The highest BCUT2D eigenvalue weighted by molar-refractivity contribution is 7.88. The SMILES string of the molecule is CS(=O)(=O)N1CCN(Cn2nc(C3CC3)n(C3CC3)c2=S)CC1. The number of nitrogens with zero attached hydrogens (tertiary/aromatic N) is 5. The molecule has 0 spiro atoms. The maximum absolute atomic E-state index is 11.6. The predicted molar refractivity (Wildman–Crippen MR) is 89.3 cm³/mol. The van der Waals surface area contributed by atoms with Gasteiger partial charge in [0.2, 0.25) is 10.0 Å². The summed E-state index contributed by atoms with van der Waals surface area (Å²) in [5, 5.41) is 4.80. The van der Waals surface area contributed by atoms with Crippen molar-refractivity contribution in [1.29, 1.82) is 0 Å². The molecular formula is C14H23N5O2S2. The van der Waals surface area contributed by atoms with Crippen LogP contribution in [-0.4, -0.2) is 64.4 Å². The minimum absolute atomic E-state index is 0.547. The zero-order valence-electron chi connectivity index (χ0n) is 13.4. The minimum atomic E-state index is -3.08. The largest absolute Gasteiger partial charge is 0.301 e. The quantitative estimate of drug-likeness (QED) is 0.740. The van der Waals surface area contributed by atoms with Gasteiger partial charge in [-0.2, -0.15) is 9.40 Å². The van der Waals surface area contributed by atoms with Gasteiger partial charge in [0.1, 0.15) is 5.82 Å². The molecule has 0 aromatic carbocycles. The Kier molecular flexibility index (Phi) is 3.86. The smallest absolute Gasteiger partial charge is 0.211 e. The Hall–Kier alpha value is -0.770. The highest BCUT2D eigenvalue weighted by atomic mass is 32.2. The highest BCUT2D eigenvalue weighted by Crippen LogP contribution is 2.44. The third-order valence-corrected chi connectivity index (χ3v) is 6.60. The fourth-order valence-electron chi connectivity index (χ4n) is 3.22. The summed E-state index contributed by atoms with van der Waals surface area (Å²) in [4.78, 5) is 2.23. The molecule has 0 radical (unpaired) electrons. The van der Waals surface area contributed by atoms with Gasteiger partial charge in [0, 0.05) is 38.1 Å². The zero-order chi connectivity index (χ0) is 16.2. The fourth-order valence-corrected chi connectivity index (χ4v) is 4.38. The first-order chi connectivity index (χ1) is 10.9. The van der Waals surface area contributed by atoms with Crippen LogP contribution < -0.4 is 0 Å². The summed E-state index contributed by atoms with van der Waals surface area (Å²) in [5.41, 5.74) is 0. The number of hydrogen-bond acceptors (Lipinski definition) is 5. The molecule has 0 atom stereocenters. The number of piperazine rings is 1. The van der Waals surface area contributed by atoms with Crippen LogP contribution in [0.1, 0.15) is 43.5 Å². The topological polar surface area (TPSA) is 63.4 Å². The van der Waals surface area contributed by atoms with Crippen LogP contribution in [0.5, 0.6) is 0 Å². The second-order valence-electron chi connectivity index (χ2n) is 6.94. The number of hydrogen-bond donors (Lipinski definition) is 0. The molecule has 7 nitrogen and oxygen atoms in total. The first-order valence-electron chi connectivity index (χ1n) is 8.30. The predicted octanol–water partition coefficient (Wildman–Crippen LogP) is 1.16. The van der Waals surface area contributed by atoms with Crippen molar-refractivity contribution in [2.24, 2.45) is 0 Å². The van der Waals surface area contributed by atoms with E-state index in [-0.39, 0.29) is 0 Å². The highest BCUT2D eigenvalue weighted by Gasteiger charge is 2.36. The van der Waals surface area contributed by atoms with Gasteiger partial charge in [0.15, 0.2) is 4.77 Å². The minimum Gasteiger partial charge on any atom is -0.301 e. The second kappa shape index (κ2) is 5.65. The lowest BCUT2D eigenvalue weighted by Crippen LogP contribution is -2.48. The normalized spacial score (nSPS) is 24.2. The molecule has 0 unspecified atom stereocenters. The first kappa shape index (κ1) is 15.7. The monoisotopic (exact) mass is 357 g/mol. The fraction of sp³-hybridized carbons (Fsp3) is 0.857. The van der Waals surface area contributed by atoms with Crippen LogP contribution in [0.3, 0.4) is 0 Å². The summed E-state index contributed by atoms with van der Waals surface area (Å²) in [6.07, 6.45) is 6.16. The summed E-state index contributed by atoms with van der Waals surface area (Å²) in [6, 6.07) is 0.564. The Morgan fingerprint density at radius 3 is 2.30 bits per heavy atom. The number of sulfonamides is 1. The Balaban J connectivity index is 1.48. The van der Waals surface area contributed by atoms with Gasteiger partial charge in [-0.15, -0.1) is 0 Å². The van der Waals surface area contributed by atoms with E-state index in [1.165, 1.54) is 37.8 Å². The van der Waals surface area contributed by atoms with Crippen LogP contribution in [-0.2, 0) is 16.7 Å². The van der Waals surface area contributed by atoms with Crippen molar-refractivity contribution in [3.8, 4) is 0 Å². The third kappa shape index (κ3) is 3.24. The van der Waals surface area contributed by atoms with E-state index < -0.39 is 10.0 Å². The lowest BCUT2D eigenvalue weighted by molar-refractivity contribution is 0.144. The molecule has 0 bridgehead atoms. The molecule has 1 saturated heterocycles. The van der Waals surface area contributed by atoms with E-state index in [2.05, 4.69) is 9.47 Å². The van der Waals surface area contributed by atoms with Crippen molar-refractivity contribution >= 4 is 22.2 Å². The molecule has 2 saturated carbocycles. The van der Waals surface area contributed by atoms with E-state index in [9.17, 15) is 8.42 Å². The van der Waals surface area contributed by atoms with Crippen LogP contribution in [0, 0.1) is 4.77 Å². The molecule has 1 aromatic rings. The molecule has 1 aliphatic heterocycles. The van der Waals surface area contributed by atoms with Crippen LogP contribution >= 0.6 is 12.2 Å². The van der Waals surface area contributed by atoms with Crippen molar-refractivity contribution in [2.45, 2.75) is 44.3 Å². The van der Waals surface area contributed by atoms with Crippen molar-refractivity contribution in [2.75, 3.05) is 32.4 Å². The van der Waals surface area contributed by atoms with Crippen LogP contribution in [0.2, 0.25) is 0 Å². The third-order valence-electron chi connectivity index (χ3n) is 4.89. The molecule has 3 aliphatic rings. The summed E-state index contributed by atoms with van der Waals surface area (Å²) in [6.45, 7) is 3.21. The Morgan fingerprint density at radius 2 is 1.78 bits per heavy atom. The maximum atomic E-state index is 11.6.